The number of aromatic carboxylic acids is 1. The first-order valence-electron chi connectivity index (χ1n) is 5.30. The molecule has 2 aromatic rings. The molecule has 0 aliphatic rings. The normalized spacial score (nSPS) is 10.6. The Bertz CT molecular complexity index is 607. The molecule has 0 radical (unpaired) electrons. The van der Waals surface area contributed by atoms with Crippen LogP contribution in [0.2, 0.25) is 0 Å². The van der Waals surface area contributed by atoms with Crippen molar-refractivity contribution in [3.05, 3.63) is 34.9 Å². The van der Waals surface area contributed by atoms with E-state index in [-0.39, 0.29) is 5.56 Å². The lowest BCUT2D eigenvalue weighted by atomic mass is 10.1. The maximum atomic E-state index is 11.3. The monoisotopic (exact) mass is 264 g/mol. The average Bonchev–Trinajstić information content (AvgIpc) is 2.69. The van der Waals surface area contributed by atoms with Gasteiger partial charge in [0.2, 0.25) is 0 Å². The molecule has 2 rings (SSSR count). The molecule has 0 amide bonds. The second kappa shape index (κ2) is 4.81. The minimum atomic E-state index is -0.992. The highest BCUT2D eigenvalue weighted by Crippen LogP contribution is 2.32. The molecular formula is C12H12N2O3S. The minimum absolute atomic E-state index is 0.202. The fraction of sp³-hybridized carbons (Fsp3) is 0.250. The molecule has 0 spiro atoms. The molecule has 18 heavy (non-hydrogen) atoms. The van der Waals surface area contributed by atoms with Gasteiger partial charge in [0.15, 0.2) is 0 Å². The van der Waals surface area contributed by atoms with Crippen LogP contribution >= 0.6 is 11.8 Å². The number of carboxylic acids is 1. The van der Waals surface area contributed by atoms with E-state index >= 15 is 0 Å². The summed E-state index contributed by atoms with van der Waals surface area (Å²) in [4.78, 5) is 12.1. The van der Waals surface area contributed by atoms with Crippen LogP contribution < -0.4 is 0 Å². The van der Waals surface area contributed by atoms with Gasteiger partial charge >= 0.3 is 5.97 Å². The van der Waals surface area contributed by atoms with Crippen molar-refractivity contribution in [3.8, 4) is 0 Å². The lowest BCUT2D eigenvalue weighted by Crippen LogP contribution is -2.07. The van der Waals surface area contributed by atoms with E-state index in [0.717, 1.165) is 10.7 Å². The molecule has 0 fully saturated rings. The molecule has 0 bridgehead atoms. The number of nitrogens with zero attached hydrogens (tertiary/aromatic N) is 2. The Labute approximate surface area is 108 Å². The molecule has 0 aliphatic carbocycles. The number of hydrogen-bond acceptors (Lipinski definition) is 5. The quantitative estimate of drug-likeness (QED) is 0.918. The van der Waals surface area contributed by atoms with Gasteiger partial charge in [0.25, 0.3) is 0 Å². The molecule has 2 aromatic heterocycles. The lowest BCUT2D eigenvalue weighted by Gasteiger charge is -2.08. The standard InChI is InChI=1S/C12H12N2O3S/c1-6-7(2)13-14-11(10(6)12(15)16)18-9-4-5-17-8(9)3/h4-5H,1-3H3,(H,15,16). The number of aryl methyl sites for hydroxylation is 2. The molecule has 1 N–H and O–H groups in total. The van der Waals surface area contributed by atoms with Gasteiger partial charge in [-0.25, -0.2) is 4.79 Å². The second-order valence-corrected chi connectivity index (χ2v) is 4.87. The largest absolute Gasteiger partial charge is 0.478 e. The van der Waals surface area contributed by atoms with Crippen molar-refractivity contribution in [3.63, 3.8) is 0 Å². The van der Waals surface area contributed by atoms with Crippen LogP contribution in [0.25, 0.3) is 0 Å². The van der Waals surface area contributed by atoms with Crippen LogP contribution in [0, 0.1) is 20.8 Å². The van der Waals surface area contributed by atoms with E-state index in [9.17, 15) is 9.90 Å². The average molecular weight is 264 g/mol. The van der Waals surface area contributed by atoms with Crippen LogP contribution in [0.4, 0.5) is 0 Å². The van der Waals surface area contributed by atoms with E-state index in [0.29, 0.717) is 16.3 Å². The summed E-state index contributed by atoms with van der Waals surface area (Å²) in [6.07, 6.45) is 1.56. The van der Waals surface area contributed by atoms with Gasteiger partial charge in [-0.3, -0.25) is 0 Å². The minimum Gasteiger partial charge on any atom is -0.478 e. The van der Waals surface area contributed by atoms with Crippen LogP contribution in [0.3, 0.4) is 0 Å². The number of rotatable bonds is 3. The molecule has 0 aromatic carbocycles. The van der Waals surface area contributed by atoms with Gasteiger partial charge in [0.1, 0.15) is 10.8 Å². The Morgan fingerprint density at radius 1 is 1.33 bits per heavy atom. The molecule has 5 nitrogen and oxygen atoms in total. The molecule has 94 valence electrons. The first-order valence-corrected chi connectivity index (χ1v) is 6.11. The van der Waals surface area contributed by atoms with Crippen LogP contribution in [0.5, 0.6) is 0 Å². The van der Waals surface area contributed by atoms with Crippen molar-refractivity contribution in [1.29, 1.82) is 0 Å². The van der Waals surface area contributed by atoms with Gasteiger partial charge in [0.05, 0.1) is 22.4 Å². The van der Waals surface area contributed by atoms with Gasteiger partial charge < -0.3 is 9.52 Å². The summed E-state index contributed by atoms with van der Waals surface area (Å²) in [5, 5.41) is 17.6. The number of aromatic nitrogens is 2. The van der Waals surface area contributed by atoms with Crippen molar-refractivity contribution in [1.82, 2.24) is 10.2 Å². The summed E-state index contributed by atoms with van der Waals surface area (Å²) < 4.78 is 5.17. The topological polar surface area (TPSA) is 76.2 Å². The molecule has 0 aliphatic heterocycles. The third-order valence-corrected chi connectivity index (χ3v) is 3.78. The fourth-order valence-electron chi connectivity index (χ4n) is 1.49. The van der Waals surface area contributed by atoms with E-state index in [2.05, 4.69) is 10.2 Å². The van der Waals surface area contributed by atoms with Crippen LogP contribution in [0.15, 0.2) is 26.7 Å². The van der Waals surface area contributed by atoms with Crippen LogP contribution in [-0.2, 0) is 0 Å². The number of furan rings is 1. The zero-order valence-electron chi connectivity index (χ0n) is 10.2. The molecular weight excluding hydrogens is 252 g/mol. The highest BCUT2D eigenvalue weighted by Gasteiger charge is 2.19. The van der Waals surface area contributed by atoms with E-state index in [1.807, 2.05) is 6.92 Å². The van der Waals surface area contributed by atoms with Gasteiger partial charge in [-0.15, -0.1) is 5.10 Å². The lowest BCUT2D eigenvalue weighted by molar-refractivity contribution is 0.0690. The zero-order valence-corrected chi connectivity index (χ0v) is 11.0. The predicted octanol–water partition coefficient (Wildman–Crippen LogP) is 2.84. The first-order chi connectivity index (χ1) is 8.50. The van der Waals surface area contributed by atoms with E-state index in [1.165, 1.54) is 11.8 Å². The first kappa shape index (κ1) is 12.6. The zero-order chi connectivity index (χ0) is 13.3. The summed E-state index contributed by atoms with van der Waals surface area (Å²) in [5.74, 6) is -0.259. The molecule has 6 heteroatoms. The number of carbonyl (C=O) groups is 1. The third-order valence-electron chi connectivity index (χ3n) is 2.65. The van der Waals surface area contributed by atoms with E-state index < -0.39 is 5.97 Å². The summed E-state index contributed by atoms with van der Waals surface area (Å²) in [5.41, 5.74) is 1.47. The van der Waals surface area contributed by atoms with Crippen molar-refractivity contribution in [2.45, 2.75) is 30.7 Å². The SMILES string of the molecule is Cc1nnc(Sc2ccoc2C)c(C(=O)O)c1C. The third kappa shape index (κ3) is 2.24. The van der Waals surface area contributed by atoms with Crippen LogP contribution in [-0.4, -0.2) is 21.3 Å². The summed E-state index contributed by atoms with van der Waals surface area (Å²) >= 11 is 1.25. The van der Waals surface area contributed by atoms with Gasteiger partial charge in [-0.2, -0.15) is 5.10 Å². The smallest absolute Gasteiger partial charge is 0.338 e. The summed E-state index contributed by atoms with van der Waals surface area (Å²) in [6, 6.07) is 1.78. The Hall–Kier alpha value is -1.82. The van der Waals surface area contributed by atoms with Crippen molar-refractivity contribution in [2.24, 2.45) is 0 Å². The summed E-state index contributed by atoms with van der Waals surface area (Å²) in [7, 11) is 0. The highest BCUT2D eigenvalue weighted by atomic mass is 32.2. The molecule has 0 saturated heterocycles. The molecule has 0 unspecified atom stereocenters. The Kier molecular flexibility index (Phi) is 3.38. The maximum absolute atomic E-state index is 11.3. The Morgan fingerprint density at radius 3 is 2.61 bits per heavy atom. The van der Waals surface area contributed by atoms with Gasteiger partial charge in [-0.05, 0) is 32.4 Å². The molecule has 0 atom stereocenters. The maximum Gasteiger partial charge on any atom is 0.338 e. The predicted molar refractivity (Wildman–Crippen MR) is 66.0 cm³/mol. The number of hydrogen-bond donors (Lipinski definition) is 1. The Balaban J connectivity index is 2.48. The second-order valence-electron chi connectivity index (χ2n) is 3.84. The van der Waals surface area contributed by atoms with Crippen molar-refractivity contribution >= 4 is 17.7 Å². The molecule has 2 heterocycles. The fourth-order valence-corrected chi connectivity index (χ4v) is 2.44. The highest BCUT2D eigenvalue weighted by molar-refractivity contribution is 7.99. The van der Waals surface area contributed by atoms with Crippen LogP contribution in [0.1, 0.15) is 27.4 Å². The van der Waals surface area contributed by atoms with E-state index in [1.54, 1.807) is 26.2 Å². The van der Waals surface area contributed by atoms with Crippen molar-refractivity contribution < 1.29 is 14.3 Å². The Morgan fingerprint density at radius 2 is 2.06 bits per heavy atom. The number of carboxylic acid groups (broad SMARTS) is 1. The summed E-state index contributed by atoms with van der Waals surface area (Å²) in [6.45, 7) is 5.29. The van der Waals surface area contributed by atoms with Gasteiger partial charge in [0, 0.05) is 0 Å². The van der Waals surface area contributed by atoms with E-state index in [4.69, 9.17) is 4.42 Å². The van der Waals surface area contributed by atoms with Gasteiger partial charge in [-0.1, -0.05) is 11.8 Å². The van der Waals surface area contributed by atoms with Crippen molar-refractivity contribution in [2.75, 3.05) is 0 Å². The molecule has 0 saturated carbocycles.